The van der Waals surface area contributed by atoms with Crippen LogP contribution >= 0.6 is 11.3 Å². The highest BCUT2D eigenvalue weighted by atomic mass is 32.1. The molecule has 12 rings (SSSR count). The topological polar surface area (TPSA) is 8.17 Å². The summed E-state index contributed by atoms with van der Waals surface area (Å²) in [4.78, 5) is 3.38. The van der Waals surface area contributed by atoms with Gasteiger partial charge in [0, 0.05) is 32.7 Å². The van der Waals surface area contributed by atoms with E-state index in [1.54, 1.807) is 11.3 Å². The summed E-state index contributed by atoms with van der Waals surface area (Å²) in [5.41, 5.74) is 16.0. The molecule has 2 nitrogen and oxygen atoms in total. The first kappa shape index (κ1) is 37.0. The van der Waals surface area contributed by atoms with Crippen LogP contribution in [0.1, 0.15) is 22.3 Å². The van der Waals surface area contributed by atoms with Crippen molar-refractivity contribution in [1.82, 2.24) is 4.57 Å². The third-order valence-corrected chi connectivity index (χ3v) is 13.9. The predicted molar refractivity (Wildman–Crippen MR) is 261 cm³/mol. The summed E-state index contributed by atoms with van der Waals surface area (Å²) < 4.78 is 16.6. The van der Waals surface area contributed by atoms with Gasteiger partial charge < -0.3 is 9.47 Å². The lowest BCUT2D eigenvalue weighted by Gasteiger charge is -2.34. The molecule has 63 heavy (non-hydrogen) atoms. The van der Waals surface area contributed by atoms with Gasteiger partial charge in [0.1, 0.15) is 10.8 Å². The summed E-state index contributed by atoms with van der Waals surface area (Å²) in [6, 6.07) is 83.8. The second-order valence-corrected chi connectivity index (χ2v) is 17.3. The van der Waals surface area contributed by atoms with E-state index in [2.05, 4.69) is 216 Å². The fourth-order valence-corrected chi connectivity index (χ4v) is 11.1. The van der Waals surface area contributed by atoms with Crippen molar-refractivity contribution in [2.24, 2.45) is 0 Å². The fraction of sp³-hybridized carbons (Fsp3) is 0.0169. The van der Waals surface area contributed by atoms with Gasteiger partial charge in [-0.1, -0.05) is 158 Å². The Balaban J connectivity index is 0.969. The Labute approximate surface area is 370 Å². The zero-order valence-electron chi connectivity index (χ0n) is 34.2. The molecule has 11 aromatic rings. The zero-order valence-corrected chi connectivity index (χ0v) is 35.0. The number of halogens is 1. The van der Waals surface area contributed by atoms with E-state index in [0.29, 0.717) is 0 Å². The average Bonchev–Trinajstić information content (AvgIpc) is 4.05. The first-order chi connectivity index (χ1) is 31.1. The highest BCUT2D eigenvalue weighted by Gasteiger charge is 2.46. The van der Waals surface area contributed by atoms with Crippen LogP contribution in [0.2, 0.25) is 0 Å². The van der Waals surface area contributed by atoms with Gasteiger partial charge in [0.05, 0.1) is 16.4 Å². The number of rotatable bonds is 8. The van der Waals surface area contributed by atoms with Gasteiger partial charge in [-0.25, -0.2) is 4.39 Å². The van der Waals surface area contributed by atoms with Crippen LogP contribution in [0.4, 0.5) is 20.8 Å². The highest BCUT2D eigenvalue weighted by Crippen LogP contribution is 2.56. The van der Waals surface area contributed by atoms with E-state index < -0.39 is 5.41 Å². The lowest BCUT2D eigenvalue weighted by molar-refractivity contribution is 0.628. The van der Waals surface area contributed by atoms with Crippen LogP contribution in [0.3, 0.4) is 0 Å². The lowest BCUT2D eigenvalue weighted by Crippen LogP contribution is -2.28. The Morgan fingerprint density at radius 1 is 0.413 bits per heavy atom. The van der Waals surface area contributed by atoms with Crippen molar-refractivity contribution in [3.05, 3.63) is 265 Å². The normalized spacial score (nSPS) is 12.7. The summed E-state index contributed by atoms with van der Waals surface area (Å²) in [5.74, 6) is -0.254. The van der Waals surface area contributed by atoms with Crippen LogP contribution in [0, 0.1) is 5.82 Å². The predicted octanol–water partition coefficient (Wildman–Crippen LogP) is 16.2. The number of nitrogens with zero attached hydrogens (tertiary/aromatic N) is 2. The zero-order chi connectivity index (χ0) is 41.9. The van der Waals surface area contributed by atoms with Gasteiger partial charge in [0.2, 0.25) is 0 Å². The second-order valence-electron chi connectivity index (χ2n) is 16.2. The monoisotopic (exact) mass is 826 g/mol. The molecule has 298 valence electrons. The number of benzene rings is 9. The minimum absolute atomic E-state index is 0.254. The molecule has 2 aromatic heterocycles. The molecule has 0 aliphatic heterocycles. The van der Waals surface area contributed by atoms with Crippen molar-refractivity contribution in [3.8, 4) is 38.4 Å². The third-order valence-electron chi connectivity index (χ3n) is 12.8. The van der Waals surface area contributed by atoms with Crippen LogP contribution in [0.15, 0.2) is 237 Å². The van der Waals surface area contributed by atoms with E-state index in [-0.39, 0.29) is 5.82 Å². The molecule has 9 aromatic carbocycles. The minimum Gasteiger partial charge on any atom is -0.309 e. The molecule has 2 heterocycles. The molecule has 4 heteroatoms. The molecular formula is C59H39FN2S. The number of fused-ring (bicyclic) bond motifs is 6. The van der Waals surface area contributed by atoms with E-state index >= 15 is 0 Å². The molecule has 0 atom stereocenters. The standard InChI is InChI=1S/C59H39FN2S/c60-45-27-31-47(32-28-45)61(58-37-36-57(63-58)41-14-4-1-5-15-41)46-29-24-40(25-30-46)42-26-35-56-52(38-42)51-21-11-13-23-55(51)62(56)48-33-34-50-49-20-10-12-22-53(49)59(54(50)39-48,43-16-6-2-7-17-43)44-18-8-3-9-19-44/h1-39H. The molecule has 0 bridgehead atoms. The van der Waals surface area contributed by atoms with Crippen LogP contribution in [0.25, 0.3) is 60.2 Å². The van der Waals surface area contributed by atoms with E-state index in [1.165, 1.54) is 72.2 Å². The van der Waals surface area contributed by atoms with Gasteiger partial charge in [-0.2, -0.15) is 0 Å². The molecule has 0 N–H and O–H groups in total. The van der Waals surface area contributed by atoms with Gasteiger partial charge in [-0.05, 0) is 129 Å². The van der Waals surface area contributed by atoms with Crippen molar-refractivity contribution in [1.29, 1.82) is 0 Å². The molecule has 0 saturated heterocycles. The van der Waals surface area contributed by atoms with Crippen molar-refractivity contribution in [3.63, 3.8) is 0 Å². The molecule has 1 aliphatic carbocycles. The number of thiophene rings is 1. The number of hydrogen-bond acceptors (Lipinski definition) is 2. The molecular weight excluding hydrogens is 788 g/mol. The van der Waals surface area contributed by atoms with E-state index in [1.807, 2.05) is 18.2 Å². The number of anilines is 3. The van der Waals surface area contributed by atoms with Gasteiger partial charge >= 0.3 is 0 Å². The summed E-state index contributed by atoms with van der Waals surface area (Å²) in [7, 11) is 0. The quantitative estimate of drug-likeness (QED) is 0.148. The third kappa shape index (κ3) is 5.98. The Kier molecular flexibility index (Phi) is 8.80. The first-order valence-corrected chi connectivity index (χ1v) is 22.2. The largest absolute Gasteiger partial charge is 0.309 e. The van der Waals surface area contributed by atoms with Gasteiger partial charge in [0.15, 0.2) is 0 Å². The van der Waals surface area contributed by atoms with Gasteiger partial charge in [-0.3, -0.25) is 0 Å². The van der Waals surface area contributed by atoms with E-state index in [9.17, 15) is 4.39 Å². The maximum atomic E-state index is 14.2. The maximum absolute atomic E-state index is 14.2. The Morgan fingerprint density at radius 2 is 1.00 bits per heavy atom. The Morgan fingerprint density at radius 3 is 1.73 bits per heavy atom. The lowest BCUT2D eigenvalue weighted by atomic mass is 9.67. The van der Waals surface area contributed by atoms with E-state index in [4.69, 9.17) is 0 Å². The maximum Gasteiger partial charge on any atom is 0.123 e. The van der Waals surface area contributed by atoms with Crippen molar-refractivity contribution in [2.45, 2.75) is 5.41 Å². The Bertz CT molecular complexity index is 3400. The molecule has 0 saturated carbocycles. The van der Waals surface area contributed by atoms with Crippen LogP contribution in [-0.4, -0.2) is 4.57 Å². The second kappa shape index (κ2) is 15.0. The minimum atomic E-state index is -0.484. The van der Waals surface area contributed by atoms with Crippen molar-refractivity contribution in [2.75, 3.05) is 4.90 Å². The van der Waals surface area contributed by atoms with E-state index in [0.717, 1.165) is 38.7 Å². The average molecular weight is 827 g/mol. The van der Waals surface area contributed by atoms with Gasteiger partial charge in [0.25, 0.3) is 0 Å². The highest BCUT2D eigenvalue weighted by molar-refractivity contribution is 7.19. The molecule has 0 spiro atoms. The molecule has 0 radical (unpaired) electrons. The Hall–Kier alpha value is -7.79. The summed E-state index contributed by atoms with van der Waals surface area (Å²) in [5, 5.41) is 3.47. The molecule has 0 fully saturated rings. The van der Waals surface area contributed by atoms with Crippen LogP contribution < -0.4 is 4.90 Å². The molecule has 0 amide bonds. The number of aromatic nitrogens is 1. The number of para-hydroxylation sites is 1. The van der Waals surface area contributed by atoms with Crippen LogP contribution in [-0.2, 0) is 5.41 Å². The van der Waals surface area contributed by atoms with Gasteiger partial charge in [-0.15, -0.1) is 11.3 Å². The molecule has 1 aliphatic rings. The van der Waals surface area contributed by atoms with Crippen LogP contribution in [0.5, 0.6) is 0 Å². The summed E-state index contributed by atoms with van der Waals surface area (Å²) >= 11 is 1.72. The molecule has 0 unspecified atom stereocenters. The van der Waals surface area contributed by atoms with Crippen molar-refractivity contribution >= 4 is 49.5 Å². The smallest absolute Gasteiger partial charge is 0.123 e. The first-order valence-electron chi connectivity index (χ1n) is 21.4. The summed E-state index contributed by atoms with van der Waals surface area (Å²) in [6.07, 6.45) is 0. The van der Waals surface area contributed by atoms with Crippen molar-refractivity contribution < 1.29 is 4.39 Å². The summed E-state index contributed by atoms with van der Waals surface area (Å²) in [6.45, 7) is 0. The number of hydrogen-bond donors (Lipinski definition) is 0. The fourth-order valence-electron chi connectivity index (χ4n) is 10.0. The SMILES string of the molecule is Fc1ccc(N(c2ccc(-c3ccc4c(c3)c3ccccc3n4-c3ccc4c(c3)C(c3ccccc3)(c3ccccc3)c3ccccc3-4)cc2)c2ccc(-c3ccccc3)s2)cc1.